The van der Waals surface area contributed by atoms with E-state index in [0.29, 0.717) is 23.2 Å². The zero-order valence-electron chi connectivity index (χ0n) is 12.7. The molecule has 1 atom stereocenters. The molecule has 0 amide bonds. The summed E-state index contributed by atoms with van der Waals surface area (Å²) in [5, 5.41) is 10.7. The highest BCUT2D eigenvalue weighted by Gasteiger charge is 2.13. The lowest BCUT2D eigenvalue weighted by Gasteiger charge is -2.22. The van der Waals surface area contributed by atoms with Crippen molar-refractivity contribution >= 4 is 11.6 Å². The molecule has 0 heterocycles. The molecular weight excluding hydrogens is 276 g/mol. The summed E-state index contributed by atoms with van der Waals surface area (Å²) in [7, 11) is 3.51. The molecule has 0 saturated heterocycles. The van der Waals surface area contributed by atoms with Gasteiger partial charge in [0, 0.05) is 29.2 Å². The molecule has 114 valence electrons. The van der Waals surface area contributed by atoms with Crippen LogP contribution in [0.4, 0.5) is 0 Å². The second-order valence-corrected chi connectivity index (χ2v) is 5.99. The molecule has 1 aromatic rings. The van der Waals surface area contributed by atoms with Gasteiger partial charge in [0.25, 0.3) is 0 Å². The first-order valence-electron chi connectivity index (χ1n) is 6.84. The monoisotopic (exact) mass is 300 g/mol. The number of methoxy groups -OCH3 is 1. The van der Waals surface area contributed by atoms with E-state index in [9.17, 15) is 5.11 Å². The fourth-order valence-electron chi connectivity index (χ4n) is 1.98. The standard InChI is InChI=1S/C15H25ClN2O2/c1-10(2)13(17)5-6-18(3)9-11-7-12(16)8-14(20-4)15(11)19/h7-8,10,13,19H,5-6,9,17H2,1-4H3. The maximum absolute atomic E-state index is 10.1. The Hall–Kier alpha value is -0.970. The summed E-state index contributed by atoms with van der Waals surface area (Å²) >= 11 is 6.02. The van der Waals surface area contributed by atoms with Crippen molar-refractivity contribution in [3.05, 3.63) is 22.7 Å². The number of rotatable bonds is 7. The van der Waals surface area contributed by atoms with E-state index in [0.717, 1.165) is 18.5 Å². The lowest BCUT2D eigenvalue weighted by Crippen LogP contribution is -2.31. The van der Waals surface area contributed by atoms with Gasteiger partial charge >= 0.3 is 0 Å². The number of benzene rings is 1. The smallest absolute Gasteiger partial charge is 0.162 e. The molecule has 1 unspecified atom stereocenters. The molecule has 0 fully saturated rings. The van der Waals surface area contributed by atoms with E-state index in [1.807, 2.05) is 7.05 Å². The highest BCUT2D eigenvalue weighted by molar-refractivity contribution is 6.30. The summed E-state index contributed by atoms with van der Waals surface area (Å²) in [6.45, 7) is 5.72. The number of phenolic OH excluding ortho intramolecular Hbond substituents is 1. The van der Waals surface area contributed by atoms with Crippen LogP contribution in [-0.4, -0.2) is 36.8 Å². The molecule has 0 radical (unpaired) electrons. The third-order valence-electron chi connectivity index (χ3n) is 3.48. The van der Waals surface area contributed by atoms with Gasteiger partial charge in [-0.05, 0) is 32.0 Å². The second kappa shape index (κ2) is 7.72. The van der Waals surface area contributed by atoms with Gasteiger partial charge in [0.15, 0.2) is 11.5 Å². The molecule has 0 aliphatic heterocycles. The van der Waals surface area contributed by atoms with Gasteiger partial charge in [0.2, 0.25) is 0 Å². The van der Waals surface area contributed by atoms with E-state index in [1.54, 1.807) is 12.1 Å². The van der Waals surface area contributed by atoms with Crippen molar-refractivity contribution in [2.75, 3.05) is 20.7 Å². The quantitative estimate of drug-likeness (QED) is 0.813. The topological polar surface area (TPSA) is 58.7 Å². The van der Waals surface area contributed by atoms with Crippen molar-refractivity contribution in [1.82, 2.24) is 4.90 Å². The van der Waals surface area contributed by atoms with Crippen LogP contribution in [0.3, 0.4) is 0 Å². The van der Waals surface area contributed by atoms with Crippen LogP contribution in [0.1, 0.15) is 25.8 Å². The molecule has 5 heteroatoms. The number of aromatic hydroxyl groups is 1. The molecule has 20 heavy (non-hydrogen) atoms. The van der Waals surface area contributed by atoms with Gasteiger partial charge in [-0.15, -0.1) is 0 Å². The van der Waals surface area contributed by atoms with Gasteiger partial charge in [-0.3, -0.25) is 0 Å². The fraction of sp³-hybridized carbons (Fsp3) is 0.600. The summed E-state index contributed by atoms with van der Waals surface area (Å²) in [5.41, 5.74) is 6.80. The second-order valence-electron chi connectivity index (χ2n) is 5.55. The van der Waals surface area contributed by atoms with Crippen molar-refractivity contribution in [3.8, 4) is 11.5 Å². The third kappa shape index (κ3) is 4.85. The van der Waals surface area contributed by atoms with E-state index >= 15 is 0 Å². The zero-order chi connectivity index (χ0) is 15.3. The first kappa shape index (κ1) is 17.1. The van der Waals surface area contributed by atoms with Crippen LogP contribution in [-0.2, 0) is 6.54 Å². The summed E-state index contributed by atoms with van der Waals surface area (Å²) in [4.78, 5) is 2.12. The van der Waals surface area contributed by atoms with Crippen molar-refractivity contribution < 1.29 is 9.84 Å². The fourth-order valence-corrected chi connectivity index (χ4v) is 2.21. The van der Waals surface area contributed by atoms with E-state index < -0.39 is 0 Å². The molecule has 0 saturated carbocycles. The summed E-state index contributed by atoms with van der Waals surface area (Å²) in [6.07, 6.45) is 0.923. The minimum Gasteiger partial charge on any atom is -0.504 e. The largest absolute Gasteiger partial charge is 0.504 e. The maximum Gasteiger partial charge on any atom is 0.162 e. The van der Waals surface area contributed by atoms with Crippen molar-refractivity contribution in [2.45, 2.75) is 32.9 Å². The zero-order valence-corrected chi connectivity index (χ0v) is 13.4. The molecular formula is C15H25ClN2O2. The molecule has 0 aromatic heterocycles. The molecule has 4 nitrogen and oxygen atoms in total. The minimum absolute atomic E-state index is 0.150. The van der Waals surface area contributed by atoms with Gasteiger partial charge in [-0.25, -0.2) is 0 Å². The van der Waals surface area contributed by atoms with Gasteiger partial charge in [-0.2, -0.15) is 0 Å². The lowest BCUT2D eigenvalue weighted by molar-refractivity contribution is 0.289. The number of phenols is 1. The predicted octanol–water partition coefficient (Wildman–Crippen LogP) is 2.86. The highest BCUT2D eigenvalue weighted by Crippen LogP contribution is 2.33. The first-order chi connectivity index (χ1) is 9.35. The first-order valence-corrected chi connectivity index (χ1v) is 7.22. The average molecular weight is 301 g/mol. The van der Waals surface area contributed by atoms with Gasteiger partial charge < -0.3 is 20.5 Å². The summed E-state index contributed by atoms with van der Waals surface area (Å²) in [5.74, 6) is 1.03. The van der Waals surface area contributed by atoms with E-state index in [-0.39, 0.29) is 11.8 Å². The number of hydrogen-bond donors (Lipinski definition) is 2. The summed E-state index contributed by atoms with van der Waals surface area (Å²) in [6, 6.07) is 3.56. The van der Waals surface area contributed by atoms with E-state index in [2.05, 4.69) is 18.7 Å². The summed E-state index contributed by atoms with van der Waals surface area (Å²) < 4.78 is 5.10. The van der Waals surface area contributed by atoms with Gasteiger partial charge in [-0.1, -0.05) is 25.4 Å². The van der Waals surface area contributed by atoms with Crippen molar-refractivity contribution in [2.24, 2.45) is 11.7 Å². The van der Waals surface area contributed by atoms with Crippen LogP contribution < -0.4 is 10.5 Å². The molecule has 0 spiro atoms. The predicted molar refractivity (Wildman–Crippen MR) is 83.4 cm³/mol. The van der Waals surface area contributed by atoms with E-state index in [1.165, 1.54) is 7.11 Å². The van der Waals surface area contributed by atoms with Crippen LogP contribution in [0.25, 0.3) is 0 Å². The number of nitrogens with two attached hydrogens (primary N) is 1. The van der Waals surface area contributed by atoms with Crippen LogP contribution in [0.15, 0.2) is 12.1 Å². The minimum atomic E-state index is 0.150. The number of ether oxygens (including phenoxy) is 1. The van der Waals surface area contributed by atoms with Crippen LogP contribution in [0, 0.1) is 5.92 Å². The Kier molecular flexibility index (Phi) is 6.59. The Morgan fingerprint density at radius 3 is 2.60 bits per heavy atom. The molecule has 0 aliphatic carbocycles. The Labute approximate surface area is 126 Å². The lowest BCUT2D eigenvalue weighted by atomic mass is 10.0. The molecule has 0 aliphatic rings. The number of halogens is 1. The van der Waals surface area contributed by atoms with Gasteiger partial charge in [0.05, 0.1) is 7.11 Å². The Bertz CT molecular complexity index is 438. The van der Waals surface area contributed by atoms with E-state index in [4.69, 9.17) is 22.1 Å². The number of hydrogen-bond acceptors (Lipinski definition) is 4. The Morgan fingerprint density at radius 2 is 2.05 bits per heavy atom. The Morgan fingerprint density at radius 1 is 1.40 bits per heavy atom. The van der Waals surface area contributed by atoms with Crippen LogP contribution >= 0.6 is 11.6 Å². The van der Waals surface area contributed by atoms with Gasteiger partial charge in [0.1, 0.15) is 0 Å². The third-order valence-corrected chi connectivity index (χ3v) is 3.70. The molecule has 3 N–H and O–H groups in total. The number of nitrogens with zero attached hydrogens (tertiary/aromatic N) is 1. The van der Waals surface area contributed by atoms with Crippen LogP contribution in [0.2, 0.25) is 5.02 Å². The molecule has 1 aromatic carbocycles. The van der Waals surface area contributed by atoms with Crippen molar-refractivity contribution in [3.63, 3.8) is 0 Å². The maximum atomic E-state index is 10.1. The normalized spacial score (nSPS) is 13.0. The van der Waals surface area contributed by atoms with Crippen molar-refractivity contribution in [1.29, 1.82) is 0 Å². The average Bonchev–Trinajstić information content (AvgIpc) is 2.39. The SMILES string of the molecule is COc1cc(Cl)cc(CN(C)CCC(N)C(C)C)c1O. The van der Waals surface area contributed by atoms with Crippen LogP contribution in [0.5, 0.6) is 11.5 Å². The molecule has 0 bridgehead atoms. The Balaban J connectivity index is 2.66. The highest BCUT2D eigenvalue weighted by atomic mass is 35.5. The molecule has 1 rings (SSSR count).